The Balaban J connectivity index is 2.50. The van der Waals surface area contributed by atoms with Crippen LogP contribution in [0.25, 0.3) is 0 Å². The van der Waals surface area contributed by atoms with Gasteiger partial charge in [-0.05, 0) is 56.3 Å². The van der Waals surface area contributed by atoms with Gasteiger partial charge in [0.1, 0.15) is 5.75 Å². The fraction of sp³-hybridized carbons (Fsp3) is 0.625. The lowest BCUT2D eigenvalue weighted by Gasteiger charge is -2.15. The second kappa shape index (κ2) is 7.51. The summed E-state index contributed by atoms with van der Waals surface area (Å²) in [5.74, 6) is 1.46. The van der Waals surface area contributed by atoms with Gasteiger partial charge in [-0.2, -0.15) is 0 Å². The van der Waals surface area contributed by atoms with Gasteiger partial charge in [-0.1, -0.05) is 19.1 Å². The van der Waals surface area contributed by atoms with Crippen molar-refractivity contribution in [2.75, 3.05) is 13.7 Å². The Morgan fingerprint density at radius 3 is 2.26 bits per heavy atom. The van der Waals surface area contributed by atoms with E-state index in [0.29, 0.717) is 5.92 Å². The summed E-state index contributed by atoms with van der Waals surface area (Å²) >= 11 is 0. The topological polar surface area (TPSA) is 41.5 Å². The fourth-order valence-electron chi connectivity index (χ4n) is 2.59. The summed E-state index contributed by atoms with van der Waals surface area (Å²) in [5.41, 5.74) is 3.63. The number of hydrogen-bond donors (Lipinski definition) is 2. The van der Waals surface area contributed by atoms with Crippen LogP contribution in [0.4, 0.5) is 0 Å². The summed E-state index contributed by atoms with van der Waals surface area (Å²) in [5, 5.41) is 12.8. The van der Waals surface area contributed by atoms with Crippen molar-refractivity contribution >= 4 is 0 Å². The van der Waals surface area contributed by atoms with Crippen molar-refractivity contribution < 1.29 is 9.84 Å². The van der Waals surface area contributed by atoms with Crippen molar-refractivity contribution in [2.24, 2.45) is 5.92 Å². The minimum absolute atomic E-state index is 0.220. The van der Waals surface area contributed by atoms with Crippen molar-refractivity contribution in [1.82, 2.24) is 5.32 Å². The zero-order valence-corrected chi connectivity index (χ0v) is 12.8. The molecule has 3 heteroatoms. The number of ether oxygens (including phenoxy) is 1. The van der Waals surface area contributed by atoms with E-state index >= 15 is 0 Å². The average molecular weight is 265 g/mol. The minimum atomic E-state index is -0.220. The summed E-state index contributed by atoms with van der Waals surface area (Å²) in [7, 11) is 1.71. The Labute approximate surface area is 117 Å². The molecule has 19 heavy (non-hydrogen) atoms. The normalized spacial score (nSPS) is 14.2. The first-order chi connectivity index (χ1) is 8.93. The molecule has 2 unspecified atom stereocenters. The van der Waals surface area contributed by atoms with Gasteiger partial charge < -0.3 is 15.2 Å². The van der Waals surface area contributed by atoms with Crippen molar-refractivity contribution in [3.8, 4) is 5.75 Å². The van der Waals surface area contributed by atoms with Crippen LogP contribution in [-0.4, -0.2) is 24.9 Å². The predicted molar refractivity (Wildman–Crippen MR) is 79.6 cm³/mol. The van der Waals surface area contributed by atoms with E-state index in [1.165, 1.54) is 16.7 Å². The standard InChI is InChI=1S/C16H27NO2/c1-11(6-14(4)18)9-17-10-15-7-12(2)16(19-5)13(3)8-15/h7-8,11,14,17-18H,6,9-10H2,1-5H3. The molecule has 2 N–H and O–H groups in total. The Kier molecular flexibility index (Phi) is 6.32. The van der Waals surface area contributed by atoms with E-state index in [1.807, 2.05) is 6.92 Å². The van der Waals surface area contributed by atoms with Crippen LogP contribution in [0.2, 0.25) is 0 Å². The van der Waals surface area contributed by atoms with Crippen LogP contribution in [0.5, 0.6) is 5.75 Å². The molecule has 108 valence electrons. The SMILES string of the molecule is COc1c(C)cc(CNCC(C)CC(C)O)cc1C. The Morgan fingerprint density at radius 1 is 1.21 bits per heavy atom. The summed E-state index contributed by atoms with van der Waals surface area (Å²) in [6, 6.07) is 4.33. The Hall–Kier alpha value is -1.06. The van der Waals surface area contributed by atoms with E-state index in [9.17, 15) is 5.11 Å². The maximum atomic E-state index is 9.33. The van der Waals surface area contributed by atoms with E-state index in [1.54, 1.807) is 7.11 Å². The molecule has 0 radical (unpaired) electrons. The third-order valence-electron chi connectivity index (χ3n) is 3.29. The average Bonchev–Trinajstić information content (AvgIpc) is 2.27. The number of rotatable bonds is 7. The summed E-state index contributed by atoms with van der Waals surface area (Å²) in [4.78, 5) is 0. The molecule has 1 rings (SSSR count). The molecule has 0 heterocycles. The molecule has 0 aliphatic rings. The molecule has 2 atom stereocenters. The molecule has 0 amide bonds. The number of aryl methyl sites for hydroxylation is 2. The van der Waals surface area contributed by atoms with Gasteiger partial charge in [-0.3, -0.25) is 0 Å². The zero-order valence-electron chi connectivity index (χ0n) is 12.8. The van der Waals surface area contributed by atoms with E-state index in [2.05, 4.69) is 38.2 Å². The first-order valence-corrected chi connectivity index (χ1v) is 6.97. The van der Waals surface area contributed by atoms with Crippen LogP contribution >= 0.6 is 0 Å². The molecule has 0 fully saturated rings. The molecule has 0 saturated heterocycles. The quantitative estimate of drug-likeness (QED) is 0.796. The second-order valence-electron chi connectivity index (χ2n) is 5.58. The van der Waals surface area contributed by atoms with Gasteiger partial charge in [0, 0.05) is 6.54 Å². The van der Waals surface area contributed by atoms with Gasteiger partial charge in [0.25, 0.3) is 0 Å². The first kappa shape index (κ1) is 16.0. The molecule has 1 aromatic carbocycles. The Bertz CT molecular complexity index is 379. The van der Waals surface area contributed by atoms with Gasteiger partial charge in [0.2, 0.25) is 0 Å². The van der Waals surface area contributed by atoms with Gasteiger partial charge in [-0.15, -0.1) is 0 Å². The first-order valence-electron chi connectivity index (χ1n) is 6.97. The smallest absolute Gasteiger partial charge is 0.124 e. The second-order valence-corrected chi connectivity index (χ2v) is 5.58. The van der Waals surface area contributed by atoms with Gasteiger partial charge in [-0.25, -0.2) is 0 Å². The minimum Gasteiger partial charge on any atom is -0.496 e. The fourth-order valence-corrected chi connectivity index (χ4v) is 2.59. The lowest BCUT2D eigenvalue weighted by Crippen LogP contribution is -2.23. The van der Waals surface area contributed by atoms with E-state index in [-0.39, 0.29) is 6.10 Å². The van der Waals surface area contributed by atoms with Crippen molar-refractivity contribution in [2.45, 2.75) is 46.8 Å². The van der Waals surface area contributed by atoms with Crippen LogP contribution in [0.15, 0.2) is 12.1 Å². The number of nitrogens with one attached hydrogen (secondary N) is 1. The third-order valence-corrected chi connectivity index (χ3v) is 3.29. The highest BCUT2D eigenvalue weighted by atomic mass is 16.5. The van der Waals surface area contributed by atoms with Gasteiger partial charge in [0.15, 0.2) is 0 Å². The molecule has 0 aromatic heterocycles. The summed E-state index contributed by atoms with van der Waals surface area (Å²) < 4.78 is 5.37. The largest absolute Gasteiger partial charge is 0.496 e. The van der Waals surface area contributed by atoms with Crippen molar-refractivity contribution in [3.05, 3.63) is 28.8 Å². The third kappa shape index (κ3) is 5.21. The summed E-state index contributed by atoms with van der Waals surface area (Å²) in [6.07, 6.45) is 0.621. The lowest BCUT2D eigenvalue weighted by molar-refractivity contribution is 0.163. The number of hydrogen-bond acceptors (Lipinski definition) is 3. The lowest BCUT2D eigenvalue weighted by atomic mass is 10.0. The number of benzene rings is 1. The van der Waals surface area contributed by atoms with Crippen LogP contribution in [0.3, 0.4) is 0 Å². The van der Waals surface area contributed by atoms with Crippen LogP contribution in [0, 0.1) is 19.8 Å². The molecule has 0 spiro atoms. The molecule has 0 aliphatic carbocycles. The van der Waals surface area contributed by atoms with Crippen LogP contribution < -0.4 is 10.1 Å². The van der Waals surface area contributed by atoms with E-state index < -0.39 is 0 Å². The van der Waals surface area contributed by atoms with E-state index in [0.717, 1.165) is 25.3 Å². The molecule has 3 nitrogen and oxygen atoms in total. The van der Waals surface area contributed by atoms with Gasteiger partial charge >= 0.3 is 0 Å². The molecular weight excluding hydrogens is 238 g/mol. The highest BCUT2D eigenvalue weighted by molar-refractivity contribution is 5.43. The molecule has 0 aliphatic heterocycles. The Morgan fingerprint density at radius 2 is 1.79 bits per heavy atom. The number of methoxy groups -OCH3 is 1. The van der Waals surface area contributed by atoms with Gasteiger partial charge in [0.05, 0.1) is 13.2 Å². The van der Waals surface area contributed by atoms with E-state index in [4.69, 9.17) is 4.74 Å². The highest BCUT2D eigenvalue weighted by Crippen LogP contribution is 2.24. The summed E-state index contributed by atoms with van der Waals surface area (Å²) in [6.45, 7) is 9.93. The highest BCUT2D eigenvalue weighted by Gasteiger charge is 2.07. The molecule has 0 saturated carbocycles. The maximum Gasteiger partial charge on any atom is 0.124 e. The maximum absolute atomic E-state index is 9.33. The number of aliphatic hydroxyl groups is 1. The van der Waals surface area contributed by atoms with Crippen LogP contribution in [-0.2, 0) is 6.54 Å². The van der Waals surface area contributed by atoms with Crippen LogP contribution in [0.1, 0.15) is 37.0 Å². The van der Waals surface area contributed by atoms with Crippen molar-refractivity contribution in [3.63, 3.8) is 0 Å². The molecular formula is C16H27NO2. The molecule has 0 bridgehead atoms. The zero-order chi connectivity index (χ0) is 14.4. The number of aliphatic hydroxyl groups excluding tert-OH is 1. The predicted octanol–water partition coefficient (Wildman–Crippen LogP) is 2.81. The monoisotopic (exact) mass is 265 g/mol. The van der Waals surface area contributed by atoms with Crippen molar-refractivity contribution in [1.29, 1.82) is 0 Å². The molecule has 1 aromatic rings.